The van der Waals surface area contributed by atoms with Crippen LogP contribution in [-0.4, -0.2) is 22.2 Å². The van der Waals surface area contributed by atoms with E-state index >= 15 is 0 Å². The number of rotatable bonds is 5. The highest BCUT2D eigenvalue weighted by Gasteiger charge is 2.14. The average molecular weight is 321 g/mol. The number of anilines is 2. The summed E-state index contributed by atoms with van der Waals surface area (Å²) in [6.07, 6.45) is 2.52. The van der Waals surface area contributed by atoms with E-state index in [4.69, 9.17) is 5.73 Å². The van der Waals surface area contributed by atoms with Gasteiger partial charge in [-0.05, 0) is 43.5 Å². The van der Waals surface area contributed by atoms with Crippen LogP contribution in [0.1, 0.15) is 25.0 Å². The third kappa shape index (κ3) is 3.84. The monoisotopic (exact) mass is 321 g/mol. The van der Waals surface area contributed by atoms with Crippen LogP contribution in [0.2, 0.25) is 0 Å². The van der Waals surface area contributed by atoms with Gasteiger partial charge in [0.05, 0.1) is 28.7 Å². The Morgan fingerprint density at radius 2 is 1.83 bits per heavy atom. The molecule has 0 aliphatic rings. The number of nitrogens with one attached hydrogen (secondary N) is 1. The van der Waals surface area contributed by atoms with E-state index in [1.54, 1.807) is 20.0 Å². The third-order valence-corrected chi connectivity index (χ3v) is 3.91. The minimum Gasteiger partial charge on any atom is -0.396 e. The molecule has 4 N–H and O–H groups in total. The van der Waals surface area contributed by atoms with E-state index in [1.807, 2.05) is 24.3 Å². The zero-order chi connectivity index (χ0) is 17.2. The molecule has 0 radical (unpaired) electrons. The summed E-state index contributed by atoms with van der Waals surface area (Å²) in [5.74, 6) is 0. The summed E-state index contributed by atoms with van der Waals surface area (Å²) < 4.78 is 0. The Labute approximate surface area is 142 Å². The van der Waals surface area contributed by atoms with Crippen LogP contribution < -0.4 is 11.1 Å². The molecule has 4 heteroatoms. The van der Waals surface area contributed by atoms with E-state index in [0.29, 0.717) is 12.2 Å². The summed E-state index contributed by atoms with van der Waals surface area (Å²) in [6.45, 7) is 3.94. The SMILES string of the molecule is CC(C)(O)CNc1c(N)cnc2ccc(Cc3ccccc3)cc12. The van der Waals surface area contributed by atoms with Gasteiger partial charge in [-0.15, -0.1) is 0 Å². The maximum atomic E-state index is 9.97. The molecule has 3 rings (SSSR count). The van der Waals surface area contributed by atoms with Crippen molar-refractivity contribution >= 4 is 22.3 Å². The number of aromatic nitrogens is 1. The van der Waals surface area contributed by atoms with Crippen LogP contribution >= 0.6 is 0 Å². The molecule has 24 heavy (non-hydrogen) atoms. The Morgan fingerprint density at radius 1 is 1.08 bits per heavy atom. The van der Waals surface area contributed by atoms with Gasteiger partial charge in [-0.3, -0.25) is 4.98 Å². The number of hydrogen-bond acceptors (Lipinski definition) is 4. The van der Waals surface area contributed by atoms with Gasteiger partial charge in [0.15, 0.2) is 0 Å². The van der Waals surface area contributed by atoms with Crippen molar-refractivity contribution in [3.05, 3.63) is 65.9 Å². The van der Waals surface area contributed by atoms with Crippen molar-refractivity contribution in [3.8, 4) is 0 Å². The summed E-state index contributed by atoms with van der Waals surface area (Å²) in [5, 5.41) is 14.2. The Bertz CT molecular complexity index is 839. The maximum absolute atomic E-state index is 9.97. The molecule has 4 nitrogen and oxygen atoms in total. The molecule has 124 valence electrons. The van der Waals surface area contributed by atoms with Gasteiger partial charge in [0.1, 0.15) is 0 Å². The molecule has 0 amide bonds. The summed E-state index contributed by atoms with van der Waals surface area (Å²) >= 11 is 0. The van der Waals surface area contributed by atoms with E-state index in [2.05, 4.69) is 34.6 Å². The van der Waals surface area contributed by atoms with Crippen LogP contribution in [0.3, 0.4) is 0 Å². The minimum absolute atomic E-state index is 0.416. The standard InChI is InChI=1S/C20H23N3O/c1-20(2,24)13-23-19-16-11-15(10-14-6-4-3-5-7-14)8-9-18(16)22-12-17(19)21/h3-9,11-12,24H,10,13,21H2,1-2H3,(H,22,23). The van der Waals surface area contributed by atoms with Crippen LogP contribution in [0.5, 0.6) is 0 Å². The van der Waals surface area contributed by atoms with E-state index in [9.17, 15) is 5.11 Å². The second-order valence-electron chi connectivity index (χ2n) is 6.77. The van der Waals surface area contributed by atoms with E-state index in [-0.39, 0.29) is 0 Å². The molecule has 0 unspecified atom stereocenters. The molecule has 3 aromatic rings. The van der Waals surface area contributed by atoms with Crippen LogP contribution in [-0.2, 0) is 6.42 Å². The smallest absolute Gasteiger partial charge is 0.0763 e. The largest absolute Gasteiger partial charge is 0.396 e. The Hall–Kier alpha value is -2.59. The zero-order valence-corrected chi connectivity index (χ0v) is 14.1. The van der Waals surface area contributed by atoms with Crippen molar-refractivity contribution in [1.29, 1.82) is 0 Å². The fourth-order valence-corrected chi connectivity index (χ4v) is 2.70. The van der Waals surface area contributed by atoms with Crippen molar-refractivity contribution < 1.29 is 5.11 Å². The van der Waals surface area contributed by atoms with Crippen molar-refractivity contribution in [2.24, 2.45) is 0 Å². The molecule has 1 aromatic heterocycles. The van der Waals surface area contributed by atoms with Gasteiger partial charge in [-0.2, -0.15) is 0 Å². The van der Waals surface area contributed by atoms with Crippen LogP contribution in [0, 0.1) is 0 Å². The number of nitrogens with zero attached hydrogens (tertiary/aromatic N) is 1. The molecule has 0 aliphatic carbocycles. The van der Waals surface area contributed by atoms with Gasteiger partial charge in [0.2, 0.25) is 0 Å². The van der Waals surface area contributed by atoms with Crippen LogP contribution in [0.25, 0.3) is 10.9 Å². The average Bonchev–Trinajstić information content (AvgIpc) is 2.54. The first-order chi connectivity index (χ1) is 11.4. The number of nitrogen functional groups attached to an aromatic ring is 1. The van der Waals surface area contributed by atoms with Crippen molar-refractivity contribution in [2.75, 3.05) is 17.6 Å². The first-order valence-corrected chi connectivity index (χ1v) is 8.10. The lowest BCUT2D eigenvalue weighted by Gasteiger charge is -2.20. The lowest BCUT2D eigenvalue weighted by Crippen LogP contribution is -2.29. The maximum Gasteiger partial charge on any atom is 0.0763 e. The van der Waals surface area contributed by atoms with Crippen molar-refractivity contribution in [3.63, 3.8) is 0 Å². The lowest BCUT2D eigenvalue weighted by atomic mass is 10.0. The van der Waals surface area contributed by atoms with Gasteiger partial charge in [-0.1, -0.05) is 36.4 Å². The molecule has 0 bridgehead atoms. The zero-order valence-electron chi connectivity index (χ0n) is 14.1. The number of fused-ring (bicyclic) bond motifs is 1. The molecule has 1 heterocycles. The molecular weight excluding hydrogens is 298 g/mol. The topological polar surface area (TPSA) is 71.2 Å². The quantitative estimate of drug-likeness (QED) is 0.671. The van der Waals surface area contributed by atoms with Gasteiger partial charge < -0.3 is 16.2 Å². The Balaban J connectivity index is 1.97. The molecule has 0 atom stereocenters. The molecule has 2 aromatic carbocycles. The van der Waals surface area contributed by atoms with Gasteiger partial charge in [0.25, 0.3) is 0 Å². The molecule has 0 saturated carbocycles. The van der Waals surface area contributed by atoms with E-state index in [0.717, 1.165) is 23.0 Å². The number of hydrogen-bond donors (Lipinski definition) is 3. The van der Waals surface area contributed by atoms with Crippen molar-refractivity contribution in [1.82, 2.24) is 4.98 Å². The Morgan fingerprint density at radius 3 is 2.54 bits per heavy atom. The molecule has 0 aliphatic heterocycles. The second-order valence-corrected chi connectivity index (χ2v) is 6.77. The highest BCUT2D eigenvalue weighted by Crippen LogP contribution is 2.29. The second kappa shape index (κ2) is 6.49. The number of nitrogens with two attached hydrogens (primary N) is 1. The molecule has 0 saturated heterocycles. The van der Waals surface area contributed by atoms with Crippen molar-refractivity contribution in [2.45, 2.75) is 25.9 Å². The number of aliphatic hydroxyl groups is 1. The minimum atomic E-state index is -0.816. The molecule has 0 fully saturated rings. The van der Waals surface area contributed by atoms with Crippen LogP contribution in [0.15, 0.2) is 54.7 Å². The third-order valence-electron chi connectivity index (χ3n) is 3.91. The normalized spacial score (nSPS) is 11.6. The first-order valence-electron chi connectivity index (χ1n) is 8.10. The fourth-order valence-electron chi connectivity index (χ4n) is 2.70. The summed E-state index contributed by atoms with van der Waals surface area (Å²) in [7, 11) is 0. The van der Waals surface area contributed by atoms with Crippen LogP contribution in [0.4, 0.5) is 11.4 Å². The summed E-state index contributed by atoms with van der Waals surface area (Å²) in [4.78, 5) is 4.41. The Kier molecular flexibility index (Phi) is 4.40. The highest BCUT2D eigenvalue weighted by atomic mass is 16.3. The van der Waals surface area contributed by atoms with Gasteiger partial charge in [-0.25, -0.2) is 0 Å². The first kappa shape index (κ1) is 16.3. The van der Waals surface area contributed by atoms with E-state index < -0.39 is 5.60 Å². The van der Waals surface area contributed by atoms with Gasteiger partial charge in [0, 0.05) is 11.9 Å². The number of benzene rings is 2. The fraction of sp³-hybridized carbons (Fsp3) is 0.250. The predicted molar refractivity (Wildman–Crippen MR) is 100 cm³/mol. The predicted octanol–water partition coefficient (Wildman–Crippen LogP) is 3.59. The number of pyridine rings is 1. The van der Waals surface area contributed by atoms with Gasteiger partial charge >= 0.3 is 0 Å². The lowest BCUT2D eigenvalue weighted by molar-refractivity contribution is 0.0946. The van der Waals surface area contributed by atoms with E-state index in [1.165, 1.54) is 11.1 Å². The summed E-state index contributed by atoms with van der Waals surface area (Å²) in [6, 6.07) is 16.6. The highest BCUT2D eigenvalue weighted by molar-refractivity contribution is 5.97. The summed E-state index contributed by atoms with van der Waals surface area (Å²) in [5.41, 5.74) is 10.1. The molecular formula is C20H23N3O. The molecule has 0 spiro atoms.